The Labute approximate surface area is 113 Å². The molecular weight excluding hydrogens is 264 g/mol. The maximum atomic E-state index is 12.1. The smallest absolute Gasteiger partial charge is 0.263 e. The Hall–Kier alpha value is -1.73. The average Bonchev–Trinajstić information content (AvgIpc) is 3.15. The Kier molecular flexibility index (Phi) is 2.87. The number of hydrogen-bond donors (Lipinski definition) is 3. The van der Waals surface area contributed by atoms with Gasteiger partial charge in [-0.3, -0.25) is 4.79 Å². The Balaban J connectivity index is 1.80. The molecule has 6 nitrogen and oxygen atoms in total. The number of aromatic nitrogens is 2. The lowest BCUT2D eigenvalue weighted by atomic mass is 10.1. The van der Waals surface area contributed by atoms with E-state index in [1.165, 1.54) is 11.3 Å². The second-order valence-corrected chi connectivity index (χ2v) is 5.93. The lowest BCUT2D eigenvalue weighted by molar-refractivity contribution is 0.0940. The van der Waals surface area contributed by atoms with Crippen LogP contribution in [0.15, 0.2) is 12.3 Å². The molecule has 0 aromatic carbocycles. The van der Waals surface area contributed by atoms with Crippen molar-refractivity contribution in [1.29, 1.82) is 0 Å². The first-order chi connectivity index (χ1) is 9.15. The molecule has 3 rings (SSSR count). The molecule has 1 saturated carbocycles. The molecule has 2 heterocycles. The molecule has 0 radical (unpaired) electrons. The molecule has 1 fully saturated rings. The fourth-order valence-electron chi connectivity index (χ4n) is 1.96. The Bertz CT molecular complexity index is 636. The maximum Gasteiger partial charge on any atom is 0.263 e. The molecule has 0 unspecified atom stereocenters. The van der Waals surface area contributed by atoms with Crippen molar-refractivity contribution in [2.24, 2.45) is 5.41 Å². The third-order valence-electron chi connectivity index (χ3n) is 3.54. The quantitative estimate of drug-likeness (QED) is 0.767. The Morgan fingerprint density at radius 2 is 2.37 bits per heavy atom. The second kappa shape index (κ2) is 4.43. The zero-order chi connectivity index (χ0) is 13.5. The van der Waals surface area contributed by atoms with Crippen molar-refractivity contribution in [3.05, 3.63) is 17.1 Å². The fraction of sp³-hybridized carbons (Fsp3) is 0.417. The van der Waals surface area contributed by atoms with E-state index >= 15 is 0 Å². The number of nitrogens with one attached hydrogen (secondary N) is 1. The number of carbonyl (C=O) groups excluding carboxylic acids is 1. The number of carbonyl (C=O) groups is 1. The zero-order valence-corrected chi connectivity index (χ0v) is 11.0. The highest BCUT2D eigenvalue weighted by Crippen LogP contribution is 2.44. The predicted octanol–water partition coefficient (Wildman–Crippen LogP) is 0.776. The van der Waals surface area contributed by atoms with Gasteiger partial charge in [0, 0.05) is 17.3 Å². The van der Waals surface area contributed by atoms with E-state index in [2.05, 4.69) is 15.5 Å². The van der Waals surface area contributed by atoms with Crippen molar-refractivity contribution in [3.63, 3.8) is 0 Å². The zero-order valence-electron chi connectivity index (χ0n) is 10.2. The molecule has 0 aliphatic heterocycles. The van der Waals surface area contributed by atoms with Crippen molar-refractivity contribution < 1.29 is 9.90 Å². The lowest BCUT2D eigenvalue weighted by Crippen LogP contribution is -2.31. The summed E-state index contributed by atoms with van der Waals surface area (Å²) in [7, 11) is 0. The summed E-state index contributed by atoms with van der Waals surface area (Å²) >= 11 is 1.24. The summed E-state index contributed by atoms with van der Waals surface area (Å²) in [6, 6.07) is 1.75. The van der Waals surface area contributed by atoms with E-state index in [-0.39, 0.29) is 17.9 Å². The standard InChI is InChI=1S/C12H14N4O2S/c13-8-7-1-4-15-16-11(7)19-9(8)10(18)14-5-12(6-17)2-3-12/h1,4,17H,2-3,5-6,13H2,(H,14,18). The normalized spacial score (nSPS) is 16.5. The third kappa shape index (κ3) is 2.15. The van der Waals surface area contributed by atoms with Gasteiger partial charge in [0.15, 0.2) is 0 Å². The first-order valence-corrected chi connectivity index (χ1v) is 6.86. The first-order valence-electron chi connectivity index (χ1n) is 6.04. The number of nitrogen functional groups attached to an aromatic ring is 1. The minimum atomic E-state index is -0.208. The molecule has 1 aliphatic rings. The summed E-state index contributed by atoms with van der Waals surface area (Å²) in [6.45, 7) is 0.600. The van der Waals surface area contributed by atoms with Gasteiger partial charge >= 0.3 is 0 Å². The van der Waals surface area contributed by atoms with Crippen molar-refractivity contribution in [1.82, 2.24) is 15.5 Å². The van der Waals surface area contributed by atoms with E-state index in [0.29, 0.717) is 21.9 Å². The predicted molar refractivity (Wildman–Crippen MR) is 72.9 cm³/mol. The van der Waals surface area contributed by atoms with Crippen LogP contribution in [0, 0.1) is 5.41 Å². The van der Waals surface area contributed by atoms with Gasteiger partial charge in [-0.2, -0.15) is 5.10 Å². The van der Waals surface area contributed by atoms with E-state index in [9.17, 15) is 9.90 Å². The summed E-state index contributed by atoms with van der Waals surface area (Å²) in [5.41, 5.74) is 6.30. The van der Waals surface area contributed by atoms with Crippen molar-refractivity contribution >= 4 is 33.1 Å². The highest BCUT2D eigenvalue weighted by molar-refractivity contribution is 7.21. The molecule has 0 atom stereocenters. The highest BCUT2D eigenvalue weighted by Gasteiger charge is 2.42. The number of hydrogen-bond acceptors (Lipinski definition) is 6. The molecule has 1 amide bonds. The van der Waals surface area contributed by atoms with Crippen molar-refractivity contribution in [3.8, 4) is 0 Å². The van der Waals surface area contributed by atoms with Gasteiger partial charge in [0.1, 0.15) is 9.71 Å². The summed E-state index contributed by atoms with van der Waals surface area (Å²) in [4.78, 5) is 13.2. The number of amides is 1. The fourth-order valence-corrected chi connectivity index (χ4v) is 2.91. The number of thiophene rings is 1. The summed E-state index contributed by atoms with van der Waals surface area (Å²) in [6.07, 6.45) is 3.46. The summed E-state index contributed by atoms with van der Waals surface area (Å²) < 4.78 is 0. The number of nitrogens with zero attached hydrogens (tertiary/aromatic N) is 2. The van der Waals surface area contributed by atoms with E-state index in [1.807, 2.05) is 0 Å². The summed E-state index contributed by atoms with van der Waals surface area (Å²) in [5.74, 6) is -0.208. The van der Waals surface area contributed by atoms with Crippen LogP contribution in [0.1, 0.15) is 22.5 Å². The highest BCUT2D eigenvalue weighted by atomic mass is 32.1. The van der Waals surface area contributed by atoms with Crippen LogP contribution in [-0.2, 0) is 0 Å². The van der Waals surface area contributed by atoms with E-state index in [0.717, 1.165) is 18.2 Å². The number of aliphatic hydroxyl groups is 1. The molecule has 2 aromatic heterocycles. The van der Waals surface area contributed by atoms with Crippen LogP contribution in [0.25, 0.3) is 10.2 Å². The SMILES string of the molecule is Nc1c(C(=O)NCC2(CO)CC2)sc2nnccc12. The Morgan fingerprint density at radius 1 is 1.58 bits per heavy atom. The van der Waals surface area contributed by atoms with Crippen LogP contribution in [-0.4, -0.2) is 34.4 Å². The van der Waals surface area contributed by atoms with Crippen molar-refractivity contribution in [2.45, 2.75) is 12.8 Å². The van der Waals surface area contributed by atoms with Gasteiger partial charge < -0.3 is 16.2 Å². The number of nitrogens with two attached hydrogens (primary N) is 1. The molecule has 100 valence electrons. The second-order valence-electron chi connectivity index (χ2n) is 4.94. The number of anilines is 1. The van der Waals surface area contributed by atoms with Crippen LogP contribution < -0.4 is 11.1 Å². The molecule has 0 saturated heterocycles. The molecular formula is C12H14N4O2S. The van der Waals surface area contributed by atoms with Crippen LogP contribution >= 0.6 is 11.3 Å². The Morgan fingerprint density at radius 3 is 3.00 bits per heavy atom. The van der Waals surface area contributed by atoms with E-state index in [4.69, 9.17) is 5.73 Å². The van der Waals surface area contributed by atoms with Gasteiger partial charge in [0.2, 0.25) is 0 Å². The van der Waals surface area contributed by atoms with Gasteiger partial charge in [-0.15, -0.1) is 16.4 Å². The van der Waals surface area contributed by atoms with E-state index < -0.39 is 0 Å². The molecule has 19 heavy (non-hydrogen) atoms. The minimum absolute atomic E-state index is 0.110. The van der Waals surface area contributed by atoms with Crippen LogP contribution in [0.5, 0.6) is 0 Å². The topological polar surface area (TPSA) is 101 Å². The molecule has 4 N–H and O–H groups in total. The molecule has 1 aliphatic carbocycles. The monoisotopic (exact) mass is 278 g/mol. The molecule has 7 heteroatoms. The largest absolute Gasteiger partial charge is 0.397 e. The van der Waals surface area contributed by atoms with Gasteiger partial charge in [-0.1, -0.05) is 0 Å². The lowest BCUT2D eigenvalue weighted by Gasteiger charge is -2.12. The molecule has 2 aromatic rings. The molecule has 0 spiro atoms. The van der Waals surface area contributed by atoms with Gasteiger partial charge in [0.25, 0.3) is 5.91 Å². The number of rotatable bonds is 4. The average molecular weight is 278 g/mol. The third-order valence-corrected chi connectivity index (χ3v) is 4.65. The van der Waals surface area contributed by atoms with Gasteiger partial charge in [-0.25, -0.2) is 0 Å². The van der Waals surface area contributed by atoms with Gasteiger partial charge in [-0.05, 0) is 18.9 Å². The van der Waals surface area contributed by atoms with Crippen LogP contribution in [0.2, 0.25) is 0 Å². The van der Waals surface area contributed by atoms with Crippen LogP contribution in [0.4, 0.5) is 5.69 Å². The number of aliphatic hydroxyl groups excluding tert-OH is 1. The van der Waals surface area contributed by atoms with Gasteiger partial charge in [0.05, 0.1) is 18.5 Å². The van der Waals surface area contributed by atoms with Crippen LogP contribution in [0.3, 0.4) is 0 Å². The van der Waals surface area contributed by atoms with Crippen molar-refractivity contribution in [2.75, 3.05) is 18.9 Å². The first kappa shape index (κ1) is 12.3. The summed E-state index contributed by atoms with van der Waals surface area (Å²) in [5, 5.41) is 20.5. The minimum Gasteiger partial charge on any atom is -0.397 e. The number of fused-ring (bicyclic) bond motifs is 1. The molecule has 0 bridgehead atoms. The van der Waals surface area contributed by atoms with E-state index in [1.54, 1.807) is 12.3 Å². The maximum absolute atomic E-state index is 12.1.